The zero-order chi connectivity index (χ0) is 18.8. The quantitative estimate of drug-likeness (QED) is 0.502. The van der Waals surface area contributed by atoms with Gasteiger partial charge in [-0.25, -0.2) is 0 Å². The van der Waals surface area contributed by atoms with Crippen molar-refractivity contribution in [3.63, 3.8) is 0 Å². The van der Waals surface area contributed by atoms with Crippen molar-refractivity contribution in [3.8, 4) is 28.8 Å². The average Bonchev–Trinajstić information content (AvgIpc) is 2.62. The van der Waals surface area contributed by atoms with Crippen LogP contribution in [0.5, 0.6) is 5.75 Å². The molecule has 1 heterocycles. The van der Waals surface area contributed by atoms with Crippen LogP contribution >= 0.6 is 0 Å². The minimum Gasteiger partial charge on any atom is -0.507 e. The number of anilines is 1. The number of halogens is 1. The third kappa shape index (κ3) is 5.48. The van der Waals surface area contributed by atoms with E-state index in [4.69, 9.17) is 11.5 Å². The van der Waals surface area contributed by atoms with E-state index in [2.05, 4.69) is 27.4 Å². The first kappa shape index (κ1) is 19.9. The molecule has 0 saturated carbocycles. The first-order chi connectivity index (χ1) is 12.0. The van der Waals surface area contributed by atoms with Crippen molar-refractivity contribution in [2.24, 2.45) is 5.73 Å². The van der Waals surface area contributed by atoms with Gasteiger partial charge in [-0.1, -0.05) is 37.8 Å². The minimum absolute atomic E-state index is 0.0641. The van der Waals surface area contributed by atoms with E-state index < -0.39 is 5.95 Å². The summed E-state index contributed by atoms with van der Waals surface area (Å²) in [4.78, 5) is 0. The second-order valence-corrected chi connectivity index (χ2v) is 4.65. The van der Waals surface area contributed by atoms with Crippen molar-refractivity contribution in [2.45, 2.75) is 13.8 Å². The van der Waals surface area contributed by atoms with Crippen LogP contribution in [0, 0.1) is 11.8 Å². The standard InChI is InChI=1S/C16H16FN5O.C2H6/c1-20-9-11(15(17)18)7-6-10-8-13(21-22-16(10)19)12-4-2-3-5-14(12)23;1-2/h2-5,8,20,23H,9,18H2,1H3,(H2,19,22);1-2H3/b15-11-;. The van der Waals surface area contributed by atoms with Crippen LogP contribution < -0.4 is 16.8 Å². The highest BCUT2D eigenvalue weighted by atomic mass is 19.1. The number of nitrogens with zero attached hydrogens (tertiary/aromatic N) is 2. The fourth-order valence-corrected chi connectivity index (χ4v) is 1.83. The molecule has 0 amide bonds. The number of nitrogens with one attached hydrogen (secondary N) is 1. The van der Waals surface area contributed by atoms with Crippen molar-refractivity contribution < 1.29 is 9.50 Å². The normalized spacial score (nSPS) is 10.7. The summed E-state index contributed by atoms with van der Waals surface area (Å²) in [5, 5.41) is 20.4. The molecule has 1 aromatic heterocycles. The molecule has 0 fully saturated rings. The predicted octanol–water partition coefficient (Wildman–Crippen LogP) is 2.17. The number of nitrogen functional groups attached to an aromatic ring is 1. The summed E-state index contributed by atoms with van der Waals surface area (Å²) in [6, 6.07) is 8.27. The van der Waals surface area contributed by atoms with Gasteiger partial charge in [-0.05, 0) is 25.2 Å². The van der Waals surface area contributed by atoms with E-state index in [1.807, 2.05) is 13.8 Å². The van der Waals surface area contributed by atoms with E-state index in [1.165, 1.54) is 6.07 Å². The van der Waals surface area contributed by atoms with E-state index in [0.29, 0.717) is 16.8 Å². The first-order valence-electron chi connectivity index (χ1n) is 7.75. The smallest absolute Gasteiger partial charge is 0.197 e. The van der Waals surface area contributed by atoms with Gasteiger partial charge < -0.3 is 21.9 Å². The lowest BCUT2D eigenvalue weighted by atomic mass is 10.1. The SMILES string of the molecule is CC.CNC/C(C#Cc1cc(-c2ccccc2O)nnc1N)=C(\N)F. The van der Waals surface area contributed by atoms with E-state index in [1.54, 1.807) is 31.3 Å². The second kappa shape index (κ2) is 9.90. The number of nitrogens with two attached hydrogens (primary N) is 2. The molecule has 0 spiro atoms. The molecule has 0 aliphatic rings. The highest BCUT2D eigenvalue weighted by Crippen LogP contribution is 2.27. The minimum atomic E-state index is -0.853. The fraction of sp³-hybridized carbons (Fsp3) is 0.222. The third-order valence-electron chi connectivity index (χ3n) is 2.99. The molecule has 0 radical (unpaired) electrons. The van der Waals surface area contributed by atoms with E-state index in [9.17, 15) is 9.50 Å². The molecule has 0 atom stereocenters. The van der Waals surface area contributed by atoms with Gasteiger partial charge in [0.15, 0.2) is 11.8 Å². The van der Waals surface area contributed by atoms with Gasteiger partial charge in [-0.15, -0.1) is 10.2 Å². The maximum Gasteiger partial charge on any atom is 0.197 e. The number of phenols is 1. The molecular formula is C18H22FN5O. The molecule has 7 heteroatoms. The second-order valence-electron chi connectivity index (χ2n) is 4.65. The van der Waals surface area contributed by atoms with Gasteiger partial charge in [0.2, 0.25) is 0 Å². The maximum atomic E-state index is 13.2. The third-order valence-corrected chi connectivity index (χ3v) is 2.99. The fourth-order valence-electron chi connectivity index (χ4n) is 1.83. The number of aromatic hydroxyl groups is 1. The molecule has 0 aliphatic heterocycles. The summed E-state index contributed by atoms with van der Waals surface area (Å²) < 4.78 is 13.2. The zero-order valence-electron chi connectivity index (χ0n) is 14.5. The average molecular weight is 343 g/mol. The Morgan fingerprint density at radius 3 is 2.56 bits per heavy atom. The molecule has 0 unspecified atom stereocenters. The number of para-hydroxylation sites is 1. The van der Waals surface area contributed by atoms with Crippen LogP contribution in [0.3, 0.4) is 0 Å². The number of benzene rings is 1. The van der Waals surface area contributed by atoms with E-state index in [-0.39, 0.29) is 23.7 Å². The van der Waals surface area contributed by atoms with Crippen molar-refractivity contribution in [1.82, 2.24) is 15.5 Å². The summed E-state index contributed by atoms with van der Waals surface area (Å²) in [5.41, 5.74) is 12.3. The number of aromatic nitrogens is 2. The molecule has 25 heavy (non-hydrogen) atoms. The van der Waals surface area contributed by atoms with Gasteiger partial charge in [0.1, 0.15) is 5.75 Å². The maximum absolute atomic E-state index is 13.2. The Morgan fingerprint density at radius 1 is 1.28 bits per heavy atom. The highest BCUT2D eigenvalue weighted by molar-refractivity contribution is 5.69. The van der Waals surface area contributed by atoms with Crippen LogP contribution in [-0.4, -0.2) is 28.9 Å². The van der Waals surface area contributed by atoms with Crippen molar-refractivity contribution >= 4 is 5.82 Å². The highest BCUT2D eigenvalue weighted by Gasteiger charge is 2.08. The zero-order valence-corrected chi connectivity index (χ0v) is 14.5. The summed E-state index contributed by atoms with van der Waals surface area (Å²) in [7, 11) is 1.66. The van der Waals surface area contributed by atoms with Crippen LogP contribution in [0.15, 0.2) is 41.9 Å². The molecule has 0 bridgehead atoms. The van der Waals surface area contributed by atoms with Gasteiger partial charge in [-0.3, -0.25) is 0 Å². The van der Waals surface area contributed by atoms with Gasteiger partial charge in [0, 0.05) is 12.1 Å². The molecule has 2 rings (SSSR count). The summed E-state index contributed by atoms with van der Waals surface area (Å²) in [5.74, 6) is 4.68. The van der Waals surface area contributed by atoms with Crippen molar-refractivity contribution in [1.29, 1.82) is 0 Å². The molecule has 0 aliphatic carbocycles. The number of phenolic OH excluding ortho intramolecular Hbond substituents is 1. The number of likely N-dealkylation sites (N-methyl/N-ethyl adjacent to an activating group) is 1. The Hall–Kier alpha value is -3.11. The van der Waals surface area contributed by atoms with Gasteiger partial charge in [-0.2, -0.15) is 4.39 Å². The molecule has 6 N–H and O–H groups in total. The molecule has 0 saturated heterocycles. The van der Waals surface area contributed by atoms with Gasteiger partial charge >= 0.3 is 0 Å². The monoisotopic (exact) mass is 343 g/mol. The first-order valence-corrected chi connectivity index (χ1v) is 7.75. The topological polar surface area (TPSA) is 110 Å². The lowest BCUT2D eigenvalue weighted by molar-refractivity contribution is 0.477. The largest absolute Gasteiger partial charge is 0.507 e. The van der Waals surface area contributed by atoms with Gasteiger partial charge in [0.05, 0.1) is 16.8 Å². The van der Waals surface area contributed by atoms with Crippen molar-refractivity contribution in [2.75, 3.05) is 19.3 Å². The Morgan fingerprint density at radius 2 is 1.96 bits per heavy atom. The van der Waals surface area contributed by atoms with Crippen LogP contribution in [0.2, 0.25) is 0 Å². The Balaban J connectivity index is 0.00000151. The number of rotatable bonds is 3. The molecule has 6 nitrogen and oxygen atoms in total. The predicted molar refractivity (Wildman–Crippen MR) is 98.0 cm³/mol. The molecular weight excluding hydrogens is 321 g/mol. The lowest BCUT2D eigenvalue weighted by Crippen LogP contribution is -2.13. The summed E-state index contributed by atoms with van der Waals surface area (Å²) in [6.07, 6.45) is 0. The molecule has 1 aromatic carbocycles. The van der Waals surface area contributed by atoms with Crippen LogP contribution in [-0.2, 0) is 0 Å². The summed E-state index contributed by atoms with van der Waals surface area (Å²) >= 11 is 0. The Kier molecular flexibility index (Phi) is 7.90. The van der Waals surface area contributed by atoms with Crippen molar-refractivity contribution in [3.05, 3.63) is 47.4 Å². The molecule has 132 valence electrons. The Bertz CT molecular complexity index is 805. The van der Waals surface area contributed by atoms with E-state index >= 15 is 0 Å². The lowest BCUT2D eigenvalue weighted by Gasteiger charge is -2.04. The van der Waals surface area contributed by atoms with Crippen LogP contribution in [0.25, 0.3) is 11.3 Å². The van der Waals surface area contributed by atoms with Crippen LogP contribution in [0.4, 0.5) is 10.2 Å². The Labute approximate surface area is 146 Å². The van der Waals surface area contributed by atoms with Gasteiger partial charge in [0.25, 0.3) is 0 Å². The number of hydrogen-bond donors (Lipinski definition) is 4. The molecule has 2 aromatic rings. The summed E-state index contributed by atoms with van der Waals surface area (Å²) in [6.45, 7) is 4.19. The van der Waals surface area contributed by atoms with Crippen LogP contribution in [0.1, 0.15) is 19.4 Å². The van der Waals surface area contributed by atoms with E-state index in [0.717, 1.165) is 0 Å². The number of hydrogen-bond acceptors (Lipinski definition) is 6.